The van der Waals surface area contributed by atoms with Gasteiger partial charge in [-0.05, 0) is 30.5 Å². The summed E-state index contributed by atoms with van der Waals surface area (Å²) in [7, 11) is 0. The van der Waals surface area contributed by atoms with Crippen molar-refractivity contribution in [3.05, 3.63) is 29.8 Å². The van der Waals surface area contributed by atoms with Crippen LogP contribution in [0.4, 0.5) is 0 Å². The lowest BCUT2D eigenvalue weighted by Gasteiger charge is -2.23. The molecular formula is C16H26N2O2. The van der Waals surface area contributed by atoms with Gasteiger partial charge in [-0.2, -0.15) is 0 Å². The van der Waals surface area contributed by atoms with Crippen molar-refractivity contribution < 1.29 is 9.47 Å². The lowest BCUT2D eigenvalue weighted by Crippen LogP contribution is -2.34. The van der Waals surface area contributed by atoms with Gasteiger partial charge in [0.05, 0.1) is 13.2 Å². The third kappa shape index (κ3) is 4.78. The molecule has 1 aliphatic heterocycles. The normalized spacial score (nSPS) is 18.5. The summed E-state index contributed by atoms with van der Waals surface area (Å²) in [4.78, 5) is 2.39. The van der Waals surface area contributed by atoms with Crippen LogP contribution in [-0.2, 0) is 4.74 Å². The van der Waals surface area contributed by atoms with Crippen molar-refractivity contribution in [3.8, 4) is 5.75 Å². The number of rotatable bonds is 6. The first-order valence-electron chi connectivity index (χ1n) is 7.58. The van der Waals surface area contributed by atoms with Gasteiger partial charge in [0.15, 0.2) is 0 Å². The maximum Gasteiger partial charge on any atom is 0.119 e. The number of nitrogens with two attached hydrogens (primary N) is 1. The Hall–Kier alpha value is -1.10. The van der Waals surface area contributed by atoms with Crippen LogP contribution in [0.3, 0.4) is 0 Å². The molecule has 0 spiro atoms. The fourth-order valence-electron chi connectivity index (χ4n) is 2.40. The Kier molecular flexibility index (Phi) is 6.30. The summed E-state index contributed by atoms with van der Waals surface area (Å²) in [5.41, 5.74) is 7.47. The van der Waals surface area contributed by atoms with E-state index in [4.69, 9.17) is 15.2 Å². The third-order valence-electron chi connectivity index (χ3n) is 3.55. The van der Waals surface area contributed by atoms with Crippen molar-refractivity contribution in [2.45, 2.75) is 25.8 Å². The standard InChI is InChI=1S/C16H26N2O2/c1-2-10-20-15-6-4-14(5-7-15)16(17)13-18-8-3-11-19-12-9-18/h4-7,16H,2-3,8-13,17H2,1H3. The van der Waals surface area contributed by atoms with Crippen LogP contribution < -0.4 is 10.5 Å². The molecule has 1 unspecified atom stereocenters. The van der Waals surface area contributed by atoms with Gasteiger partial charge in [-0.25, -0.2) is 0 Å². The minimum absolute atomic E-state index is 0.0494. The zero-order valence-electron chi connectivity index (χ0n) is 12.4. The van der Waals surface area contributed by atoms with Crippen LogP contribution in [-0.4, -0.2) is 44.4 Å². The molecule has 1 aromatic carbocycles. The van der Waals surface area contributed by atoms with Crippen molar-refractivity contribution in [1.29, 1.82) is 0 Å². The fourth-order valence-corrected chi connectivity index (χ4v) is 2.40. The summed E-state index contributed by atoms with van der Waals surface area (Å²) in [5.74, 6) is 0.922. The van der Waals surface area contributed by atoms with E-state index < -0.39 is 0 Å². The van der Waals surface area contributed by atoms with Crippen molar-refractivity contribution >= 4 is 0 Å². The molecule has 1 heterocycles. The molecule has 0 aliphatic carbocycles. The summed E-state index contributed by atoms with van der Waals surface area (Å²) in [6.45, 7) is 7.50. The Morgan fingerprint density at radius 1 is 1.25 bits per heavy atom. The molecule has 4 heteroatoms. The third-order valence-corrected chi connectivity index (χ3v) is 3.55. The monoisotopic (exact) mass is 278 g/mol. The first-order valence-corrected chi connectivity index (χ1v) is 7.58. The molecule has 0 saturated carbocycles. The molecule has 0 radical (unpaired) electrons. The largest absolute Gasteiger partial charge is 0.494 e. The Morgan fingerprint density at radius 3 is 2.80 bits per heavy atom. The second-order valence-corrected chi connectivity index (χ2v) is 5.29. The van der Waals surface area contributed by atoms with Gasteiger partial charge in [-0.1, -0.05) is 19.1 Å². The van der Waals surface area contributed by atoms with E-state index in [9.17, 15) is 0 Å². The number of hydrogen-bond acceptors (Lipinski definition) is 4. The first kappa shape index (κ1) is 15.3. The molecule has 1 atom stereocenters. The Labute approximate surface area is 121 Å². The van der Waals surface area contributed by atoms with E-state index in [1.807, 2.05) is 12.1 Å². The van der Waals surface area contributed by atoms with Crippen molar-refractivity contribution in [1.82, 2.24) is 4.90 Å². The molecule has 2 rings (SSSR count). The zero-order chi connectivity index (χ0) is 14.2. The van der Waals surface area contributed by atoms with Crippen LogP contribution in [0.5, 0.6) is 5.75 Å². The van der Waals surface area contributed by atoms with Gasteiger partial charge in [0.25, 0.3) is 0 Å². The maximum absolute atomic E-state index is 6.30. The van der Waals surface area contributed by atoms with Crippen LogP contribution in [0, 0.1) is 0 Å². The molecule has 112 valence electrons. The van der Waals surface area contributed by atoms with Crippen LogP contribution >= 0.6 is 0 Å². The van der Waals surface area contributed by atoms with E-state index >= 15 is 0 Å². The van der Waals surface area contributed by atoms with E-state index in [1.54, 1.807) is 0 Å². The Balaban J connectivity index is 1.86. The molecule has 2 N–H and O–H groups in total. The van der Waals surface area contributed by atoms with E-state index in [-0.39, 0.29) is 6.04 Å². The highest BCUT2D eigenvalue weighted by molar-refractivity contribution is 5.29. The lowest BCUT2D eigenvalue weighted by molar-refractivity contribution is 0.140. The van der Waals surface area contributed by atoms with Gasteiger partial charge < -0.3 is 15.2 Å². The van der Waals surface area contributed by atoms with Crippen molar-refractivity contribution in [2.75, 3.05) is 39.5 Å². The van der Waals surface area contributed by atoms with Gasteiger partial charge in [-0.15, -0.1) is 0 Å². The van der Waals surface area contributed by atoms with Gasteiger partial charge in [0.2, 0.25) is 0 Å². The van der Waals surface area contributed by atoms with E-state index in [2.05, 4.69) is 24.0 Å². The average Bonchev–Trinajstić information content (AvgIpc) is 2.74. The van der Waals surface area contributed by atoms with Crippen LogP contribution in [0.25, 0.3) is 0 Å². The molecular weight excluding hydrogens is 252 g/mol. The molecule has 1 saturated heterocycles. The van der Waals surface area contributed by atoms with Gasteiger partial charge in [0, 0.05) is 32.3 Å². The molecule has 0 amide bonds. The fraction of sp³-hybridized carbons (Fsp3) is 0.625. The molecule has 1 aromatic rings. The second-order valence-electron chi connectivity index (χ2n) is 5.29. The minimum Gasteiger partial charge on any atom is -0.494 e. The quantitative estimate of drug-likeness (QED) is 0.866. The number of hydrogen-bond donors (Lipinski definition) is 1. The maximum atomic E-state index is 6.30. The van der Waals surface area contributed by atoms with Gasteiger partial charge >= 0.3 is 0 Å². The predicted octanol–water partition coefficient (Wildman–Crippen LogP) is 2.20. The highest BCUT2D eigenvalue weighted by atomic mass is 16.5. The molecule has 0 aromatic heterocycles. The minimum atomic E-state index is 0.0494. The summed E-state index contributed by atoms with van der Waals surface area (Å²) in [6, 6.07) is 8.22. The van der Waals surface area contributed by atoms with Crippen LogP contribution in [0.1, 0.15) is 31.4 Å². The zero-order valence-corrected chi connectivity index (χ0v) is 12.4. The van der Waals surface area contributed by atoms with E-state index in [0.29, 0.717) is 0 Å². The topological polar surface area (TPSA) is 47.7 Å². The highest BCUT2D eigenvalue weighted by Gasteiger charge is 2.14. The molecule has 1 fully saturated rings. The number of ether oxygens (including phenoxy) is 2. The van der Waals surface area contributed by atoms with E-state index in [0.717, 1.165) is 58.0 Å². The number of nitrogens with zero attached hydrogens (tertiary/aromatic N) is 1. The van der Waals surface area contributed by atoms with Gasteiger partial charge in [-0.3, -0.25) is 4.90 Å². The molecule has 4 nitrogen and oxygen atoms in total. The second kappa shape index (κ2) is 8.25. The van der Waals surface area contributed by atoms with Crippen LogP contribution in [0.15, 0.2) is 24.3 Å². The highest BCUT2D eigenvalue weighted by Crippen LogP contribution is 2.18. The van der Waals surface area contributed by atoms with E-state index in [1.165, 1.54) is 5.56 Å². The predicted molar refractivity (Wildman–Crippen MR) is 81.0 cm³/mol. The summed E-state index contributed by atoms with van der Waals surface area (Å²) < 4.78 is 11.1. The van der Waals surface area contributed by atoms with Crippen molar-refractivity contribution in [2.24, 2.45) is 5.73 Å². The van der Waals surface area contributed by atoms with Crippen molar-refractivity contribution in [3.63, 3.8) is 0 Å². The molecule has 0 bridgehead atoms. The lowest BCUT2D eigenvalue weighted by atomic mass is 10.1. The SMILES string of the molecule is CCCOc1ccc(C(N)CN2CCCOCC2)cc1. The average molecular weight is 278 g/mol. The summed E-state index contributed by atoms with van der Waals surface area (Å²) >= 11 is 0. The van der Waals surface area contributed by atoms with Crippen LogP contribution in [0.2, 0.25) is 0 Å². The summed E-state index contributed by atoms with van der Waals surface area (Å²) in [5, 5.41) is 0. The van der Waals surface area contributed by atoms with Gasteiger partial charge in [0.1, 0.15) is 5.75 Å². The molecule has 20 heavy (non-hydrogen) atoms. The molecule has 1 aliphatic rings. The Morgan fingerprint density at radius 2 is 2.05 bits per heavy atom. The Bertz CT molecular complexity index is 373. The number of benzene rings is 1. The first-order chi connectivity index (χ1) is 9.79. The summed E-state index contributed by atoms with van der Waals surface area (Å²) in [6.07, 6.45) is 2.12. The smallest absolute Gasteiger partial charge is 0.119 e.